The molecule has 0 aliphatic rings. The molecule has 200 valence electrons. The summed E-state index contributed by atoms with van der Waals surface area (Å²) < 4.78 is 0. The summed E-state index contributed by atoms with van der Waals surface area (Å²) in [6, 6.07) is 7.49. The predicted molar refractivity (Wildman–Crippen MR) is 140 cm³/mol. The fourth-order valence-electron chi connectivity index (χ4n) is 3.90. The first kappa shape index (κ1) is 30.6. The zero-order chi connectivity index (χ0) is 27.1. The third-order valence-corrected chi connectivity index (χ3v) is 5.88. The van der Waals surface area contributed by atoms with Crippen LogP contribution in [0.15, 0.2) is 35.3 Å². The monoisotopic (exact) mass is 503 g/mol. The van der Waals surface area contributed by atoms with Crippen molar-refractivity contribution in [2.75, 3.05) is 20.1 Å². The molecule has 11 nitrogen and oxygen atoms in total. The van der Waals surface area contributed by atoms with E-state index >= 15 is 0 Å². The smallest absolute Gasteiger partial charge is 0.247 e. The predicted octanol–water partition coefficient (Wildman–Crippen LogP) is -0.327. The Kier molecular flexibility index (Phi) is 13.8. The van der Waals surface area contributed by atoms with Gasteiger partial charge in [0, 0.05) is 12.6 Å². The first-order valence-electron chi connectivity index (χ1n) is 12.3. The summed E-state index contributed by atoms with van der Waals surface area (Å²) in [5, 5.41) is 5.84. The van der Waals surface area contributed by atoms with E-state index in [2.05, 4.69) is 15.6 Å². The van der Waals surface area contributed by atoms with Gasteiger partial charge in [0.2, 0.25) is 17.7 Å². The molecule has 0 heterocycles. The lowest BCUT2D eigenvalue weighted by Gasteiger charge is -2.33. The van der Waals surface area contributed by atoms with E-state index in [0.717, 1.165) is 12.0 Å². The number of nitrogens with one attached hydrogen (secondary N) is 2. The van der Waals surface area contributed by atoms with E-state index in [0.29, 0.717) is 32.0 Å². The van der Waals surface area contributed by atoms with Gasteiger partial charge in [0.15, 0.2) is 5.96 Å². The molecule has 3 amide bonds. The van der Waals surface area contributed by atoms with E-state index < -0.39 is 35.7 Å². The van der Waals surface area contributed by atoms with Crippen LogP contribution in [-0.4, -0.2) is 73.1 Å². The van der Waals surface area contributed by atoms with Crippen molar-refractivity contribution in [3.63, 3.8) is 0 Å². The molecule has 0 spiro atoms. The molecular weight excluding hydrogens is 462 g/mol. The van der Waals surface area contributed by atoms with Crippen molar-refractivity contribution in [3.05, 3.63) is 35.9 Å². The summed E-state index contributed by atoms with van der Waals surface area (Å²) in [6.07, 6.45) is 3.33. The number of guanidine groups is 1. The fraction of sp³-hybridized carbons (Fsp3) is 0.560. The van der Waals surface area contributed by atoms with Crippen LogP contribution in [0.25, 0.3) is 0 Å². The van der Waals surface area contributed by atoms with Crippen molar-refractivity contribution >= 4 is 30.0 Å². The van der Waals surface area contributed by atoms with E-state index in [4.69, 9.17) is 17.2 Å². The van der Waals surface area contributed by atoms with Gasteiger partial charge in [0.05, 0.1) is 18.5 Å². The zero-order valence-corrected chi connectivity index (χ0v) is 21.5. The van der Waals surface area contributed by atoms with E-state index in [9.17, 15) is 19.2 Å². The number of nitrogens with zero attached hydrogens (tertiary/aromatic N) is 2. The highest BCUT2D eigenvalue weighted by atomic mass is 16.2. The largest absolute Gasteiger partial charge is 0.370 e. The lowest BCUT2D eigenvalue weighted by molar-refractivity contribution is -0.141. The lowest BCUT2D eigenvalue weighted by Crippen LogP contribution is -2.58. The van der Waals surface area contributed by atoms with Crippen LogP contribution in [0.4, 0.5) is 0 Å². The van der Waals surface area contributed by atoms with Gasteiger partial charge in [-0.15, -0.1) is 0 Å². The van der Waals surface area contributed by atoms with Gasteiger partial charge in [-0.1, -0.05) is 57.0 Å². The molecule has 0 aliphatic carbocycles. The Hall–Kier alpha value is -3.47. The van der Waals surface area contributed by atoms with E-state index in [1.807, 2.05) is 37.3 Å². The summed E-state index contributed by atoms with van der Waals surface area (Å²) in [6.45, 7) is 3.50. The second-order valence-corrected chi connectivity index (χ2v) is 8.76. The number of benzene rings is 1. The number of carbonyl (C=O) groups excluding carboxylic acids is 4. The van der Waals surface area contributed by atoms with E-state index in [1.54, 1.807) is 14.0 Å². The van der Waals surface area contributed by atoms with Crippen LogP contribution in [0.2, 0.25) is 0 Å². The number of amides is 3. The van der Waals surface area contributed by atoms with Gasteiger partial charge >= 0.3 is 0 Å². The summed E-state index contributed by atoms with van der Waals surface area (Å²) in [5.41, 5.74) is 17.7. The molecule has 0 bridgehead atoms. The van der Waals surface area contributed by atoms with Crippen molar-refractivity contribution in [1.82, 2.24) is 15.5 Å². The molecule has 11 heteroatoms. The minimum absolute atomic E-state index is 0.144. The number of likely N-dealkylation sites (N-methyl/N-ethyl adjacent to an activating group) is 1. The van der Waals surface area contributed by atoms with Gasteiger partial charge in [0.1, 0.15) is 12.3 Å². The maximum Gasteiger partial charge on any atom is 0.247 e. The number of aldehydes is 1. The molecule has 0 radical (unpaired) electrons. The summed E-state index contributed by atoms with van der Waals surface area (Å²) in [7, 11) is 1.76. The number of aliphatic imine (C=N–C) groups is 1. The van der Waals surface area contributed by atoms with E-state index in [-0.39, 0.29) is 25.1 Å². The molecular formula is C25H41N7O4. The van der Waals surface area contributed by atoms with Crippen LogP contribution in [0, 0.1) is 5.92 Å². The molecule has 1 aromatic carbocycles. The molecule has 1 rings (SSSR count). The minimum Gasteiger partial charge on any atom is -0.370 e. The maximum absolute atomic E-state index is 13.8. The first-order chi connectivity index (χ1) is 17.2. The van der Waals surface area contributed by atoms with Gasteiger partial charge in [-0.05, 0) is 31.9 Å². The van der Waals surface area contributed by atoms with Crippen molar-refractivity contribution in [1.29, 1.82) is 0 Å². The molecule has 4 unspecified atom stereocenters. The van der Waals surface area contributed by atoms with Gasteiger partial charge in [0.25, 0.3) is 0 Å². The van der Waals surface area contributed by atoms with Gasteiger partial charge in [-0.2, -0.15) is 0 Å². The maximum atomic E-state index is 13.8. The molecule has 0 aliphatic heterocycles. The van der Waals surface area contributed by atoms with Crippen LogP contribution in [0.1, 0.15) is 45.1 Å². The minimum atomic E-state index is -1.19. The Bertz CT molecular complexity index is 874. The topological polar surface area (TPSA) is 186 Å². The molecule has 4 atom stereocenters. The Balaban J connectivity index is 3.27. The van der Waals surface area contributed by atoms with Crippen LogP contribution < -0.4 is 27.8 Å². The molecule has 1 aromatic rings. The Morgan fingerprint density at radius 2 is 1.78 bits per heavy atom. The van der Waals surface area contributed by atoms with Crippen molar-refractivity contribution < 1.29 is 19.2 Å². The van der Waals surface area contributed by atoms with Crippen molar-refractivity contribution in [2.24, 2.45) is 28.1 Å². The quantitative estimate of drug-likeness (QED) is 0.0833. The van der Waals surface area contributed by atoms with Crippen LogP contribution in [-0.2, 0) is 25.6 Å². The molecule has 0 saturated carbocycles. The zero-order valence-electron chi connectivity index (χ0n) is 21.5. The molecule has 0 aromatic heterocycles. The number of carbonyl (C=O) groups is 4. The normalized spacial score (nSPS) is 14.1. The number of hydrogen-bond donors (Lipinski definition) is 5. The third-order valence-electron chi connectivity index (χ3n) is 5.88. The Morgan fingerprint density at radius 3 is 2.28 bits per heavy atom. The van der Waals surface area contributed by atoms with Crippen LogP contribution in [0.5, 0.6) is 0 Å². The summed E-state index contributed by atoms with van der Waals surface area (Å²) in [5.74, 6) is -3.01. The highest BCUT2D eigenvalue weighted by molar-refractivity contribution is 5.96. The number of hydrogen-bond acceptors (Lipinski definition) is 6. The average Bonchev–Trinajstić information content (AvgIpc) is 2.85. The standard InChI is InChI=1S/C25H41N7O4/c1-4-6-12-18(16-33)23(35)31-22(20(5-2)30-25(27)28)24(36)32(15-21(26)34)14-19(29-3)13-17-10-8-7-9-11-17/h7-11,16,18-20,22,29H,4-6,12-15H2,1-3H3,(H2,26,34)(H,31,35)(H4,27,28,30). The average molecular weight is 504 g/mol. The van der Waals surface area contributed by atoms with Crippen molar-refractivity contribution in [3.8, 4) is 0 Å². The van der Waals surface area contributed by atoms with Crippen LogP contribution >= 0.6 is 0 Å². The highest BCUT2D eigenvalue weighted by Crippen LogP contribution is 2.13. The Labute approximate surface area is 213 Å². The number of primary amides is 1. The second-order valence-electron chi connectivity index (χ2n) is 8.76. The molecule has 8 N–H and O–H groups in total. The van der Waals surface area contributed by atoms with Crippen molar-refractivity contribution in [2.45, 2.75) is 64.1 Å². The number of nitrogens with two attached hydrogens (primary N) is 3. The molecule has 0 fully saturated rings. The third kappa shape index (κ3) is 10.4. The highest BCUT2D eigenvalue weighted by Gasteiger charge is 2.35. The number of unbranched alkanes of at least 4 members (excludes halogenated alkanes) is 1. The van der Waals surface area contributed by atoms with Gasteiger partial charge in [-0.25, -0.2) is 4.99 Å². The first-order valence-corrected chi connectivity index (χ1v) is 12.3. The van der Waals surface area contributed by atoms with Crippen LogP contribution in [0.3, 0.4) is 0 Å². The molecule has 0 saturated heterocycles. The summed E-state index contributed by atoms with van der Waals surface area (Å²) >= 11 is 0. The fourth-order valence-corrected chi connectivity index (χ4v) is 3.90. The second kappa shape index (κ2) is 16.2. The van der Waals surface area contributed by atoms with Gasteiger partial charge < -0.3 is 37.5 Å². The SMILES string of the molecule is CCCCC(C=O)C(=O)NC(C(=O)N(CC(N)=O)CC(Cc1ccccc1)NC)C(CC)N=C(N)N. The number of rotatable bonds is 17. The van der Waals surface area contributed by atoms with E-state index in [1.165, 1.54) is 4.90 Å². The Morgan fingerprint density at radius 1 is 1.11 bits per heavy atom. The molecule has 36 heavy (non-hydrogen) atoms. The summed E-state index contributed by atoms with van der Waals surface area (Å²) in [4.78, 5) is 55.6. The van der Waals surface area contributed by atoms with Gasteiger partial charge in [-0.3, -0.25) is 14.4 Å². The lowest BCUT2D eigenvalue weighted by atomic mass is 9.99.